The van der Waals surface area contributed by atoms with Gasteiger partial charge in [0.2, 0.25) is 10.0 Å². The first kappa shape index (κ1) is 18.6. The summed E-state index contributed by atoms with van der Waals surface area (Å²) in [5.41, 5.74) is -0.0536. The highest BCUT2D eigenvalue weighted by Gasteiger charge is 2.41. The van der Waals surface area contributed by atoms with Crippen molar-refractivity contribution in [2.24, 2.45) is 7.05 Å². The van der Waals surface area contributed by atoms with E-state index in [-0.39, 0.29) is 28.5 Å². The Bertz CT molecular complexity index is 931. The highest BCUT2D eigenvalue weighted by molar-refractivity contribution is 7.89. The molecule has 0 aromatic carbocycles. The summed E-state index contributed by atoms with van der Waals surface area (Å²) in [4.78, 5) is 16.3. The number of piperazine rings is 1. The first-order chi connectivity index (χ1) is 12.3. The summed E-state index contributed by atoms with van der Waals surface area (Å²) in [6.07, 6.45) is 3.39. The Kier molecular flexibility index (Phi) is 4.91. The second kappa shape index (κ2) is 6.86. The van der Waals surface area contributed by atoms with Crippen LogP contribution in [0, 0.1) is 13.8 Å². The number of hydrogen-bond donors (Lipinski definition) is 1. The van der Waals surface area contributed by atoms with Gasteiger partial charge in [0.25, 0.3) is 0 Å². The molecule has 1 unspecified atom stereocenters. The van der Waals surface area contributed by atoms with Crippen LogP contribution >= 0.6 is 0 Å². The molecular weight excluding hydrogens is 360 g/mol. The van der Waals surface area contributed by atoms with Gasteiger partial charge in [0, 0.05) is 39.1 Å². The zero-order valence-electron chi connectivity index (χ0n) is 15.1. The number of aromatic nitrogens is 2. The molecule has 3 heterocycles. The van der Waals surface area contributed by atoms with Gasteiger partial charge in [-0.25, -0.2) is 18.2 Å². The van der Waals surface area contributed by atoms with Crippen LogP contribution in [0.2, 0.25) is 0 Å². The molecule has 142 valence electrons. The normalized spacial score (nSPS) is 18.8. The van der Waals surface area contributed by atoms with Gasteiger partial charge in [-0.15, -0.1) is 0 Å². The number of nitrogens with zero attached hydrogens (tertiary/aromatic N) is 3. The molecule has 0 bridgehead atoms. The van der Waals surface area contributed by atoms with E-state index in [0.717, 1.165) is 0 Å². The second-order valence-corrected chi connectivity index (χ2v) is 7.97. The molecule has 1 aliphatic heterocycles. The Labute approximate surface area is 152 Å². The maximum atomic E-state index is 13.5. The Morgan fingerprint density at radius 3 is 2.73 bits per heavy atom. The third kappa shape index (κ3) is 2.93. The maximum absolute atomic E-state index is 13.5. The lowest BCUT2D eigenvalue weighted by molar-refractivity contribution is 0.0594. The van der Waals surface area contributed by atoms with Crippen molar-refractivity contribution in [3.05, 3.63) is 35.3 Å². The molecule has 0 radical (unpaired) electrons. The molecule has 0 saturated carbocycles. The minimum atomic E-state index is -4.00. The number of sulfonamides is 1. The molecular formula is C16H22N4O5S. The van der Waals surface area contributed by atoms with E-state index < -0.39 is 22.0 Å². The monoisotopic (exact) mass is 382 g/mol. The topological polar surface area (TPSA) is 107 Å². The van der Waals surface area contributed by atoms with Gasteiger partial charge in [0.15, 0.2) is 0 Å². The van der Waals surface area contributed by atoms with Crippen LogP contribution in [0.5, 0.6) is 0 Å². The summed E-state index contributed by atoms with van der Waals surface area (Å²) in [5.74, 6) is 0.275. The minimum Gasteiger partial charge on any atom is -0.465 e. The maximum Gasteiger partial charge on any atom is 0.342 e. The molecule has 1 atom stereocenters. The van der Waals surface area contributed by atoms with Crippen molar-refractivity contribution in [3.63, 3.8) is 0 Å². The van der Waals surface area contributed by atoms with Crippen molar-refractivity contribution >= 4 is 16.0 Å². The predicted octanol–water partition coefficient (Wildman–Crippen LogP) is 0.752. The fraction of sp³-hybridized carbons (Fsp3) is 0.500. The van der Waals surface area contributed by atoms with Crippen molar-refractivity contribution in [2.75, 3.05) is 26.7 Å². The number of hydrogen-bond acceptors (Lipinski definition) is 7. The molecule has 3 rings (SSSR count). The van der Waals surface area contributed by atoms with Gasteiger partial charge in [-0.1, -0.05) is 0 Å². The van der Waals surface area contributed by atoms with Crippen LogP contribution in [-0.4, -0.2) is 55.0 Å². The third-order valence-electron chi connectivity index (χ3n) is 4.51. The number of methoxy groups -OCH3 is 1. The lowest BCUT2D eigenvalue weighted by Gasteiger charge is -2.34. The molecule has 0 aliphatic carbocycles. The van der Waals surface area contributed by atoms with Crippen molar-refractivity contribution in [3.8, 4) is 0 Å². The predicted molar refractivity (Wildman–Crippen MR) is 92.2 cm³/mol. The molecule has 1 N–H and O–H groups in total. The quantitative estimate of drug-likeness (QED) is 0.778. The number of ether oxygens (including phenoxy) is 1. The molecule has 1 saturated heterocycles. The molecule has 2 aromatic rings. The fourth-order valence-electron chi connectivity index (χ4n) is 3.32. The molecule has 10 heteroatoms. The average molecular weight is 382 g/mol. The van der Waals surface area contributed by atoms with Gasteiger partial charge in [-0.3, -0.25) is 0 Å². The van der Waals surface area contributed by atoms with Gasteiger partial charge in [-0.05, 0) is 13.8 Å². The fourth-order valence-corrected chi connectivity index (χ4v) is 5.28. The van der Waals surface area contributed by atoms with Gasteiger partial charge in [0.1, 0.15) is 27.8 Å². The number of furan rings is 1. The van der Waals surface area contributed by atoms with E-state index in [9.17, 15) is 13.2 Å². The van der Waals surface area contributed by atoms with Crippen LogP contribution in [0.15, 0.2) is 21.7 Å². The van der Waals surface area contributed by atoms with Crippen LogP contribution in [0.25, 0.3) is 0 Å². The Balaban J connectivity index is 2.13. The summed E-state index contributed by atoms with van der Waals surface area (Å²) >= 11 is 0. The number of carbonyl (C=O) groups excluding carboxylic acids is 1. The van der Waals surface area contributed by atoms with Crippen LogP contribution in [0.4, 0.5) is 0 Å². The van der Waals surface area contributed by atoms with Crippen molar-refractivity contribution in [2.45, 2.75) is 24.8 Å². The summed E-state index contributed by atoms with van der Waals surface area (Å²) in [5, 5.41) is 3.20. The molecule has 26 heavy (non-hydrogen) atoms. The zero-order valence-corrected chi connectivity index (χ0v) is 16.0. The standard InChI is InChI=1S/C16H22N4O5S/c1-10-13(16(21)24-4)14(11(2)25-10)26(22,23)20-8-5-17-9-12(20)15-18-6-7-19(15)3/h6-7,12,17H,5,8-9H2,1-4H3. The van der Waals surface area contributed by atoms with E-state index in [4.69, 9.17) is 9.15 Å². The van der Waals surface area contributed by atoms with Gasteiger partial charge < -0.3 is 19.0 Å². The van der Waals surface area contributed by atoms with E-state index in [1.54, 1.807) is 23.9 Å². The summed E-state index contributed by atoms with van der Waals surface area (Å²) in [6.45, 7) is 4.26. The molecule has 0 amide bonds. The number of carbonyl (C=O) groups is 1. The van der Waals surface area contributed by atoms with Crippen molar-refractivity contribution in [1.82, 2.24) is 19.2 Å². The minimum absolute atomic E-state index is 0.0536. The van der Waals surface area contributed by atoms with E-state index in [1.165, 1.54) is 18.3 Å². The Hall–Kier alpha value is -2.17. The van der Waals surface area contributed by atoms with Crippen LogP contribution in [0.1, 0.15) is 33.7 Å². The summed E-state index contributed by atoms with van der Waals surface area (Å²) in [6, 6.07) is -0.492. The van der Waals surface area contributed by atoms with Gasteiger partial charge in [-0.2, -0.15) is 4.31 Å². The highest BCUT2D eigenvalue weighted by Crippen LogP contribution is 2.34. The van der Waals surface area contributed by atoms with Crippen molar-refractivity contribution in [1.29, 1.82) is 0 Å². The number of rotatable bonds is 4. The molecule has 1 fully saturated rings. The number of nitrogens with one attached hydrogen (secondary N) is 1. The Morgan fingerprint density at radius 2 is 2.12 bits per heavy atom. The molecule has 2 aromatic heterocycles. The smallest absolute Gasteiger partial charge is 0.342 e. The highest BCUT2D eigenvalue weighted by atomic mass is 32.2. The number of esters is 1. The van der Waals surface area contributed by atoms with Gasteiger partial charge >= 0.3 is 5.97 Å². The molecule has 1 aliphatic rings. The lowest BCUT2D eigenvalue weighted by atomic mass is 10.2. The summed E-state index contributed by atoms with van der Waals surface area (Å²) in [7, 11) is -0.980. The van der Waals surface area contributed by atoms with Crippen molar-refractivity contribution < 1.29 is 22.4 Å². The third-order valence-corrected chi connectivity index (χ3v) is 6.57. The van der Waals surface area contributed by atoms with Crippen LogP contribution in [0.3, 0.4) is 0 Å². The first-order valence-corrected chi connectivity index (χ1v) is 9.61. The van der Waals surface area contributed by atoms with Crippen LogP contribution in [-0.2, 0) is 21.8 Å². The lowest BCUT2D eigenvalue weighted by Crippen LogP contribution is -2.49. The SMILES string of the molecule is COC(=O)c1c(C)oc(C)c1S(=O)(=O)N1CCNCC1c1nccn1C. The molecule has 0 spiro atoms. The zero-order chi connectivity index (χ0) is 19.1. The summed E-state index contributed by atoms with van der Waals surface area (Å²) < 4.78 is 40.3. The first-order valence-electron chi connectivity index (χ1n) is 8.17. The van der Waals surface area contributed by atoms with E-state index in [1.807, 2.05) is 7.05 Å². The van der Waals surface area contributed by atoms with E-state index in [0.29, 0.717) is 18.9 Å². The largest absolute Gasteiger partial charge is 0.465 e. The number of imidazole rings is 1. The Morgan fingerprint density at radius 1 is 1.38 bits per heavy atom. The van der Waals surface area contributed by atoms with Gasteiger partial charge in [0.05, 0.1) is 13.2 Å². The van der Waals surface area contributed by atoms with Crippen LogP contribution < -0.4 is 5.32 Å². The number of aryl methyl sites for hydroxylation is 3. The second-order valence-electron chi connectivity index (χ2n) is 6.14. The molecule has 9 nitrogen and oxygen atoms in total. The van der Waals surface area contributed by atoms with E-state index in [2.05, 4.69) is 10.3 Å². The van der Waals surface area contributed by atoms with E-state index >= 15 is 0 Å². The average Bonchev–Trinajstić information content (AvgIpc) is 3.16.